The molecule has 1 aliphatic heterocycles. The first-order valence-electron chi connectivity index (χ1n) is 4.47. The first kappa shape index (κ1) is 9.92. The number of hydrogen-bond acceptors (Lipinski definition) is 4. The van der Waals surface area contributed by atoms with E-state index < -0.39 is 0 Å². The number of nitrogens with zero attached hydrogens (tertiary/aromatic N) is 1. The highest BCUT2D eigenvalue weighted by Gasteiger charge is 2.21. The van der Waals surface area contributed by atoms with E-state index in [1.165, 1.54) is 0 Å². The van der Waals surface area contributed by atoms with Gasteiger partial charge in [0.25, 0.3) is 0 Å². The van der Waals surface area contributed by atoms with Crippen molar-refractivity contribution in [2.45, 2.75) is 19.1 Å². The molecule has 0 aromatic heterocycles. The fraction of sp³-hybridized carbons (Fsp3) is 1.00. The highest BCUT2D eigenvalue weighted by atomic mass is 16.3. The molecule has 1 saturated heterocycles. The highest BCUT2D eigenvalue weighted by Crippen LogP contribution is 2.03. The van der Waals surface area contributed by atoms with Crippen LogP contribution in [0.4, 0.5) is 0 Å². The Kier molecular flexibility index (Phi) is 3.94. The summed E-state index contributed by atoms with van der Waals surface area (Å²) in [6, 6.07) is 0.174. The van der Waals surface area contributed by atoms with E-state index in [1.54, 1.807) is 6.92 Å². The lowest BCUT2D eigenvalue weighted by Gasteiger charge is -2.35. The normalized spacial score (nSPS) is 28.8. The van der Waals surface area contributed by atoms with Gasteiger partial charge in [-0.25, -0.2) is 0 Å². The summed E-state index contributed by atoms with van der Waals surface area (Å²) >= 11 is 0. The SMILES string of the molecule is CC(O)CN1CCNCC1CO. The minimum atomic E-state index is -0.308. The quantitative estimate of drug-likeness (QED) is 0.494. The van der Waals surface area contributed by atoms with Crippen molar-refractivity contribution in [3.63, 3.8) is 0 Å². The molecule has 1 aliphatic rings. The van der Waals surface area contributed by atoms with Crippen molar-refractivity contribution in [1.82, 2.24) is 10.2 Å². The number of hydrogen-bond donors (Lipinski definition) is 3. The van der Waals surface area contributed by atoms with Crippen molar-refractivity contribution < 1.29 is 10.2 Å². The van der Waals surface area contributed by atoms with Gasteiger partial charge < -0.3 is 15.5 Å². The molecule has 72 valence electrons. The average molecular weight is 174 g/mol. The van der Waals surface area contributed by atoms with Gasteiger partial charge in [0.05, 0.1) is 12.7 Å². The molecular weight excluding hydrogens is 156 g/mol. The monoisotopic (exact) mass is 174 g/mol. The average Bonchev–Trinajstić information content (AvgIpc) is 2.04. The largest absolute Gasteiger partial charge is 0.395 e. The summed E-state index contributed by atoms with van der Waals surface area (Å²) in [5.41, 5.74) is 0. The molecule has 0 aromatic carbocycles. The lowest BCUT2D eigenvalue weighted by Crippen LogP contribution is -2.54. The predicted molar refractivity (Wildman–Crippen MR) is 47.0 cm³/mol. The van der Waals surface area contributed by atoms with Crippen LogP contribution < -0.4 is 5.32 Å². The molecule has 1 fully saturated rings. The second kappa shape index (κ2) is 4.77. The van der Waals surface area contributed by atoms with Gasteiger partial charge in [-0.3, -0.25) is 4.90 Å². The smallest absolute Gasteiger partial charge is 0.0639 e. The molecule has 1 rings (SSSR count). The van der Waals surface area contributed by atoms with Crippen LogP contribution in [0.15, 0.2) is 0 Å². The molecule has 0 bridgehead atoms. The fourth-order valence-electron chi connectivity index (χ4n) is 1.56. The minimum absolute atomic E-state index is 0.166. The first-order chi connectivity index (χ1) is 5.74. The van der Waals surface area contributed by atoms with Gasteiger partial charge in [-0.15, -0.1) is 0 Å². The lowest BCUT2D eigenvalue weighted by atomic mass is 10.2. The molecule has 4 nitrogen and oxygen atoms in total. The van der Waals surface area contributed by atoms with Gasteiger partial charge in [0, 0.05) is 32.2 Å². The Bertz CT molecular complexity index is 130. The maximum absolute atomic E-state index is 9.17. The topological polar surface area (TPSA) is 55.7 Å². The van der Waals surface area contributed by atoms with Gasteiger partial charge in [0.1, 0.15) is 0 Å². The van der Waals surface area contributed by atoms with Gasteiger partial charge in [-0.05, 0) is 6.92 Å². The van der Waals surface area contributed by atoms with Crippen molar-refractivity contribution in [1.29, 1.82) is 0 Å². The van der Waals surface area contributed by atoms with Crippen LogP contribution in [0.3, 0.4) is 0 Å². The summed E-state index contributed by atoms with van der Waals surface area (Å²) in [6.45, 7) is 5.28. The molecule has 12 heavy (non-hydrogen) atoms. The Morgan fingerprint density at radius 3 is 3.00 bits per heavy atom. The number of nitrogens with one attached hydrogen (secondary N) is 1. The van der Waals surface area contributed by atoms with E-state index in [4.69, 9.17) is 5.11 Å². The molecule has 0 amide bonds. The zero-order chi connectivity index (χ0) is 8.97. The van der Waals surface area contributed by atoms with Gasteiger partial charge in [-0.1, -0.05) is 0 Å². The van der Waals surface area contributed by atoms with Crippen LogP contribution in [-0.2, 0) is 0 Å². The fourth-order valence-corrected chi connectivity index (χ4v) is 1.56. The van der Waals surface area contributed by atoms with Crippen molar-refractivity contribution in [2.24, 2.45) is 0 Å². The number of rotatable bonds is 3. The van der Waals surface area contributed by atoms with E-state index >= 15 is 0 Å². The first-order valence-corrected chi connectivity index (χ1v) is 4.47. The molecule has 0 saturated carbocycles. The highest BCUT2D eigenvalue weighted by molar-refractivity contribution is 4.79. The Hall–Kier alpha value is -0.160. The third-order valence-electron chi connectivity index (χ3n) is 2.18. The van der Waals surface area contributed by atoms with Crippen molar-refractivity contribution in [2.75, 3.05) is 32.8 Å². The second-order valence-electron chi connectivity index (χ2n) is 3.38. The van der Waals surface area contributed by atoms with Crippen LogP contribution in [0.5, 0.6) is 0 Å². The van der Waals surface area contributed by atoms with Crippen molar-refractivity contribution >= 4 is 0 Å². The Balaban J connectivity index is 2.36. The summed E-state index contributed by atoms with van der Waals surface area (Å²) < 4.78 is 0. The summed E-state index contributed by atoms with van der Waals surface area (Å²) in [6.07, 6.45) is -0.308. The zero-order valence-electron chi connectivity index (χ0n) is 7.53. The van der Waals surface area contributed by atoms with Gasteiger partial charge in [-0.2, -0.15) is 0 Å². The molecule has 1 heterocycles. The molecule has 0 aliphatic carbocycles. The minimum Gasteiger partial charge on any atom is -0.395 e. The van der Waals surface area contributed by atoms with Crippen LogP contribution in [0.2, 0.25) is 0 Å². The van der Waals surface area contributed by atoms with E-state index in [9.17, 15) is 5.11 Å². The Morgan fingerprint density at radius 1 is 1.67 bits per heavy atom. The van der Waals surface area contributed by atoms with Crippen LogP contribution in [0.25, 0.3) is 0 Å². The van der Waals surface area contributed by atoms with E-state index in [1.807, 2.05) is 0 Å². The zero-order valence-corrected chi connectivity index (χ0v) is 7.53. The summed E-state index contributed by atoms with van der Waals surface area (Å²) in [5.74, 6) is 0. The van der Waals surface area contributed by atoms with E-state index in [0.29, 0.717) is 6.54 Å². The summed E-state index contributed by atoms with van der Waals surface area (Å²) in [5, 5.41) is 21.4. The number of piperazine rings is 1. The van der Waals surface area contributed by atoms with Crippen LogP contribution >= 0.6 is 0 Å². The molecule has 0 aromatic rings. The summed E-state index contributed by atoms with van der Waals surface area (Å²) in [4.78, 5) is 2.13. The molecule has 2 atom stereocenters. The standard InChI is InChI=1S/C8H18N2O2/c1-7(12)5-10-3-2-9-4-8(10)6-11/h7-9,11-12H,2-6H2,1H3. The molecule has 0 spiro atoms. The third-order valence-corrected chi connectivity index (χ3v) is 2.18. The number of β-amino-alcohol motifs (C(OH)–C–C–N with tert-alkyl or cyclic N) is 1. The lowest BCUT2D eigenvalue weighted by molar-refractivity contribution is 0.0560. The molecule has 2 unspecified atom stereocenters. The van der Waals surface area contributed by atoms with Crippen molar-refractivity contribution in [3.05, 3.63) is 0 Å². The molecule has 0 radical (unpaired) electrons. The Morgan fingerprint density at radius 2 is 2.42 bits per heavy atom. The van der Waals surface area contributed by atoms with E-state index in [0.717, 1.165) is 19.6 Å². The number of aliphatic hydroxyl groups excluding tert-OH is 2. The van der Waals surface area contributed by atoms with Gasteiger partial charge >= 0.3 is 0 Å². The van der Waals surface area contributed by atoms with Gasteiger partial charge in [0.2, 0.25) is 0 Å². The molecular formula is C8H18N2O2. The Labute approximate surface area is 73.2 Å². The number of aliphatic hydroxyl groups is 2. The van der Waals surface area contributed by atoms with Crippen molar-refractivity contribution in [3.8, 4) is 0 Å². The van der Waals surface area contributed by atoms with Crippen LogP contribution in [0, 0.1) is 0 Å². The third kappa shape index (κ3) is 2.71. The van der Waals surface area contributed by atoms with E-state index in [2.05, 4.69) is 10.2 Å². The van der Waals surface area contributed by atoms with Crippen LogP contribution in [0.1, 0.15) is 6.92 Å². The molecule has 3 N–H and O–H groups in total. The summed E-state index contributed by atoms with van der Waals surface area (Å²) in [7, 11) is 0. The second-order valence-corrected chi connectivity index (χ2v) is 3.38. The maximum atomic E-state index is 9.17. The van der Waals surface area contributed by atoms with Gasteiger partial charge in [0.15, 0.2) is 0 Å². The molecule has 4 heteroatoms. The predicted octanol–water partition coefficient (Wildman–Crippen LogP) is -1.37. The van der Waals surface area contributed by atoms with E-state index in [-0.39, 0.29) is 18.8 Å². The maximum Gasteiger partial charge on any atom is 0.0639 e. The van der Waals surface area contributed by atoms with Crippen LogP contribution in [-0.4, -0.2) is 60.0 Å².